The molecule has 1 saturated heterocycles. The van der Waals surface area contributed by atoms with Crippen LogP contribution in [0.15, 0.2) is 24.3 Å². The molecule has 0 bridgehead atoms. The van der Waals surface area contributed by atoms with Gasteiger partial charge in [-0.15, -0.1) is 0 Å². The number of carbonyl (C=O) groups is 1. The van der Waals surface area contributed by atoms with E-state index in [0.29, 0.717) is 19.1 Å². The molecule has 116 valence electrons. The van der Waals surface area contributed by atoms with Gasteiger partial charge in [0, 0.05) is 24.8 Å². The summed E-state index contributed by atoms with van der Waals surface area (Å²) in [5.74, 6) is 0.0200. The monoisotopic (exact) mass is 290 g/mol. The van der Waals surface area contributed by atoms with Gasteiger partial charge in [0.2, 0.25) is 5.91 Å². The maximum absolute atomic E-state index is 12.2. The van der Waals surface area contributed by atoms with Crippen molar-refractivity contribution in [1.82, 2.24) is 9.80 Å². The summed E-state index contributed by atoms with van der Waals surface area (Å²) >= 11 is 0. The summed E-state index contributed by atoms with van der Waals surface area (Å²) in [6, 6.07) is 8.14. The normalized spacial score (nSPS) is 19.7. The van der Waals surface area contributed by atoms with Crippen LogP contribution in [0.4, 0.5) is 5.69 Å². The zero-order valence-electron chi connectivity index (χ0n) is 13.0. The van der Waals surface area contributed by atoms with Crippen LogP contribution in [0.5, 0.6) is 0 Å². The lowest BCUT2D eigenvalue weighted by molar-refractivity contribution is -0.117. The number of hydrogen-bond donors (Lipinski definition) is 2. The van der Waals surface area contributed by atoms with E-state index < -0.39 is 0 Å². The second-order valence-electron chi connectivity index (χ2n) is 5.88. The van der Waals surface area contributed by atoms with Crippen molar-refractivity contribution >= 4 is 11.6 Å². The Bertz CT molecular complexity index is 477. The van der Waals surface area contributed by atoms with E-state index in [2.05, 4.69) is 22.2 Å². The fourth-order valence-electron chi connectivity index (χ4n) is 2.86. The summed E-state index contributed by atoms with van der Waals surface area (Å²) in [7, 11) is 4.16. The fraction of sp³-hybridized carbons (Fsp3) is 0.562. The molecule has 2 rings (SSSR count). The van der Waals surface area contributed by atoms with Gasteiger partial charge in [-0.2, -0.15) is 0 Å². The quantitative estimate of drug-likeness (QED) is 0.853. The molecule has 0 aromatic heterocycles. The second kappa shape index (κ2) is 7.54. The van der Waals surface area contributed by atoms with E-state index in [-0.39, 0.29) is 5.91 Å². The maximum Gasteiger partial charge on any atom is 0.238 e. The first-order valence-electron chi connectivity index (χ1n) is 7.56. The van der Waals surface area contributed by atoms with E-state index in [0.717, 1.165) is 30.8 Å². The molecule has 0 aliphatic carbocycles. The van der Waals surface area contributed by atoms with Crippen LogP contribution in [-0.4, -0.2) is 55.5 Å². The average Bonchev–Trinajstić information content (AvgIpc) is 2.47. The van der Waals surface area contributed by atoms with Gasteiger partial charge in [0.05, 0.1) is 6.54 Å². The standard InChI is InChI=1S/C16H26N4O/c1-19-9-5-7-14(11-19)20(2)12-16(21)18-15-8-4-3-6-13(15)10-17/h3-4,6,8,14H,5,7,9-12,17H2,1-2H3,(H,18,21). The van der Waals surface area contributed by atoms with Gasteiger partial charge in [-0.1, -0.05) is 18.2 Å². The highest BCUT2D eigenvalue weighted by molar-refractivity contribution is 5.93. The van der Waals surface area contributed by atoms with Crippen molar-refractivity contribution in [3.05, 3.63) is 29.8 Å². The fourth-order valence-corrected chi connectivity index (χ4v) is 2.86. The Morgan fingerprint density at radius 1 is 1.48 bits per heavy atom. The largest absolute Gasteiger partial charge is 0.326 e. The van der Waals surface area contributed by atoms with Crippen molar-refractivity contribution in [3.63, 3.8) is 0 Å². The van der Waals surface area contributed by atoms with Gasteiger partial charge in [0.1, 0.15) is 0 Å². The number of benzene rings is 1. The van der Waals surface area contributed by atoms with Crippen molar-refractivity contribution < 1.29 is 4.79 Å². The van der Waals surface area contributed by atoms with Gasteiger partial charge in [0.25, 0.3) is 0 Å². The number of piperidine rings is 1. The Hall–Kier alpha value is -1.43. The number of nitrogens with zero attached hydrogens (tertiary/aromatic N) is 2. The molecule has 3 N–H and O–H groups in total. The summed E-state index contributed by atoms with van der Waals surface area (Å²) in [4.78, 5) is 16.7. The molecule has 5 nitrogen and oxygen atoms in total. The Kier molecular flexibility index (Phi) is 5.73. The predicted octanol–water partition coefficient (Wildman–Crippen LogP) is 1.11. The van der Waals surface area contributed by atoms with E-state index >= 15 is 0 Å². The molecule has 1 heterocycles. The lowest BCUT2D eigenvalue weighted by Gasteiger charge is -2.35. The highest BCUT2D eigenvalue weighted by Crippen LogP contribution is 2.15. The van der Waals surface area contributed by atoms with E-state index in [1.54, 1.807) is 0 Å². The van der Waals surface area contributed by atoms with Gasteiger partial charge < -0.3 is 16.0 Å². The first-order valence-corrected chi connectivity index (χ1v) is 7.56. The minimum absolute atomic E-state index is 0.0200. The summed E-state index contributed by atoms with van der Waals surface area (Å²) in [5.41, 5.74) is 7.48. The Labute approximate surface area is 127 Å². The van der Waals surface area contributed by atoms with Crippen LogP contribution in [0.2, 0.25) is 0 Å². The number of amides is 1. The van der Waals surface area contributed by atoms with Gasteiger partial charge in [-0.25, -0.2) is 0 Å². The third-order valence-electron chi connectivity index (χ3n) is 4.13. The Morgan fingerprint density at radius 3 is 2.95 bits per heavy atom. The minimum atomic E-state index is 0.0200. The number of likely N-dealkylation sites (tertiary alicyclic amines) is 1. The SMILES string of the molecule is CN1CCCC(N(C)CC(=O)Nc2ccccc2CN)C1. The maximum atomic E-state index is 12.2. The summed E-state index contributed by atoms with van der Waals surface area (Å²) in [5, 5.41) is 2.97. The van der Waals surface area contributed by atoms with Crippen LogP contribution >= 0.6 is 0 Å². The molecule has 1 aliphatic rings. The van der Waals surface area contributed by atoms with Gasteiger partial charge in [-0.3, -0.25) is 9.69 Å². The molecule has 0 saturated carbocycles. The molecule has 21 heavy (non-hydrogen) atoms. The number of rotatable bonds is 5. The predicted molar refractivity (Wildman–Crippen MR) is 86.1 cm³/mol. The zero-order valence-corrected chi connectivity index (χ0v) is 13.0. The highest BCUT2D eigenvalue weighted by atomic mass is 16.2. The third-order valence-corrected chi connectivity index (χ3v) is 4.13. The van der Waals surface area contributed by atoms with E-state index in [1.165, 1.54) is 6.42 Å². The minimum Gasteiger partial charge on any atom is -0.326 e. The first-order chi connectivity index (χ1) is 10.1. The summed E-state index contributed by atoms with van der Waals surface area (Å²) < 4.78 is 0. The number of hydrogen-bond acceptors (Lipinski definition) is 4. The topological polar surface area (TPSA) is 61.6 Å². The molecular weight excluding hydrogens is 264 g/mol. The van der Waals surface area contributed by atoms with Crippen LogP contribution in [0.3, 0.4) is 0 Å². The molecule has 1 aliphatic heterocycles. The average molecular weight is 290 g/mol. The molecule has 1 atom stereocenters. The molecule has 1 aromatic rings. The number of para-hydroxylation sites is 1. The molecule has 1 amide bonds. The van der Waals surface area contributed by atoms with Gasteiger partial charge in [0.15, 0.2) is 0 Å². The van der Waals surface area contributed by atoms with Crippen molar-refractivity contribution in [2.24, 2.45) is 5.73 Å². The number of anilines is 1. The van der Waals surface area contributed by atoms with Gasteiger partial charge >= 0.3 is 0 Å². The molecule has 1 unspecified atom stereocenters. The zero-order chi connectivity index (χ0) is 15.2. The van der Waals surface area contributed by atoms with Crippen molar-refractivity contribution in [2.75, 3.05) is 39.0 Å². The molecule has 1 fully saturated rings. The first kappa shape index (κ1) is 15.9. The van der Waals surface area contributed by atoms with Crippen molar-refractivity contribution in [3.8, 4) is 0 Å². The number of nitrogens with two attached hydrogens (primary N) is 1. The molecule has 0 spiro atoms. The van der Waals surface area contributed by atoms with Crippen LogP contribution in [0, 0.1) is 0 Å². The van der Waals surface area contributed by atoms with Crippen LogP contribution in [0.1, 0.15) is 18.4 Å². The Morgan fingerprint density at radius 2 is 2.24 bits per heavy atom. The third kappa shape index (κ3) is 4.52. The van der Waals surface area contributed by atoms with Crippen molar-refractivity contribution in [1.29, 1.82) is 0 Å². The van der Waals surface area contributed by atoms with Crippen LogP contribution in [0.25, 0.3) is 0 Å². The molecular formula is C16H26N4O. The molecule has 0 radical (unpaired) electrons. The second-order valence-corrected chi connectivity index (χ2v) is 5.88. The Balaban J connectivity index is 1.89. The highest BCUT2D eigenvalue weighted by Gasteiger charge is 2.22. The van der Waals surface area contributed by atoms with E-state index in [1.807, 2.05) is 31.3 Å². The summed E-state index contributed by atoms with van der Waals surface area (Å²) in [6.45, 7) is 3.03. The van der Waals surface area contributed by atoms with Crippen LogP contribution in [-0.2, 0) is 11.3 Å². The lowest BCUT2D eigenvalue weighted by atomic mass is 10.1. The smallest absolute Gasteiger partial charge is 0.238 e. The van der Waals surface area contributed by atoms with E-state index in [4.69, 9.17) is 5.73 Å². The number of likely N-dealkylation sites (N-methyl/N-ethyl adjacent to an activating group) is 2. The van der Waals surface area contributed by atoms with Crippen molar-refractivity contribution in [2.45, 2.75) is 25.4 Å². The van der Waals surface area contributed by atoms with E-state index in [9.17, 15) is 4.79 Å². The summed E-state index contributed by atoms with van der Waals surface area (Å²) in [6.07, 6.45) is 2.36. The molecule has 5 heteroatoms. The van der Waals surface area contributed by atoms with Gasteiger partial charge in [-0.05, 0) is 45.1 Å². The molecule has 1 aromatic carbocycles. The lowest BCUT2D eigenvalue weighted by Crippen LogP contribution is -2.47. The number of nitrogens with one attached hydrogen (secondary N) is 1. The van der Waals surface area contributed by atoms with Crippen LogP contribution < -0.4 is 11.1 Å². The number of carbonyl (C=O) groups excluding carboxylic acids is 1.